The Balaban J connectivity index is 2.71. The van der Waals surface area contributed by atoms with Gasteiger partial charge in [0.2, 0.25) is 0 Å². The van der Waals surface area contributed by atoms with Gasteiger partial charge in [-0.15, -0.1) is 0 Å². The molecular formula is C13H15N3. The van der Waals surface area contributed by atoms with Gasteiger partial charge in [-0.2, -0.15) is 10.4 Å². The van der Waals surface area contributed by atoms with Gasteiger partial charge in [-0.05, 0) is 24.6 Å². The number of rotatable bonds is 2. The fourth-order valence-electron chi connectivity index (χ4n) is 1.92. The molecule has 0 radical (unpaired) electrons. The summed E-state index contributed by atoms with van der Waals surface area (Å²) in [5.41, 5.74) is 2.89. The maximum atomic E-state index is 8.91. The normalized spacial score (nSPS) is 12.6. The number of nitriles is 1. The third kappa shape index (κ3) is 1.57. The van der Waals surface area contributed by atoms with E-state index in [0.717, 1.165) is 23.0 Å². The maximum Gasteiger partial charge on any atom is 0.0991 e. The zero-order chi connectivity index (χ0) is 11.7. The number of fused-ring (bicyclic) bond motifs is 1. The first-order valence-electron chi connectivity index (χ1n) is 5.54. The fraction of sp³-hybridized carbons (Fsp3) is 0.385. The fourth-order valence-corrected chi connectivity index (χ4v) is 1.92. The molecule has 0 aliphatic rings. The predicted molar refractivity (Wildman–Crippen MR) is 64.1 cm³/mol. The van der Waals surface area contributed by atoms with Gasteiger partial charge in [0.05, 0.1) is 22.8 Å². The Hall–Kier alpha value is -1.82. The van der Waals surface area contributed by atoms with E-state index in [9.17, 15) is 0 Å². The van der Waals surface area contributed by atoms with E-state index in [2.05, 4.69) is 25.0 Å². The lowest BCUT2D eigenvalue weighted by Gasteiger charge is -2.04. The van der Waals surface area contributed by atoms with E-state index in [0.29, 0.717) is 11.5 Å². The van der Waals surface area contributed by atoms with Crippen LogP contribution in [0.25, 0.3) is 10.9 Å². The lowest BCUT2D eigenvalue weighted by molar-refractivity contribution is 0.674. The van der Waals surface area contributed by atoms with E-state index in [1.165, 1.54) is 0 Å². The van der Waals surface area contributed by atoms with Crippen molar-refractivity contribution in [1.82, 2.24) is 9.78 Å². The molecule has 0 saturated carbocycles. The minimum Gasteiger partial charge on any atom is -0.268 e. The van der Waals surface area contributed by atoms with Crippen LogP contribution in [0.2, 0.25) is 0 Å². The highest BCUT2D eigenvalue weighted by atomic mass is 15.3. The molecule has 0 amide bonds. The number of nitrogens with zero attached hydrogens (tertiary/aromatic N) is 3. The molecule has 0 fully saturated rings. The molecule has 0 spiro atoms. The van der Waals surface area contributed by atoms with Crippen LogP contribution in [0.3, 0.4) is 0 Å². The number of benzene rings is 1. The van der Waals surface area contributed by atoms with E-state index >= 15 is 0 Å². The number of aryl methyl sites for hydroxylation is 1. The minimum atomic E-state index is 0.428. The van der Waals surface area contributed by atoms with Crippen molar-refractivity contribution in [1.29, 1.82) is 5.26 Å². The van der Waals surface area contributed by atoms with Gasteiger partial charge < -0.3 is 0 Å². The highest BCUT2D eigenvalue weighted by Crippen LogP contribution is 2.27. The number of aromatic nitrogens is 2. The molecule has 1 heterocycles. The first kappa shape index (κ1) is 10.7. The molecule has 1 aromatic carbocycles. The topological polar surface area (TPSA) is 41.6 Å². The number of hydrogen-bond donors (Lipinski definition) is 0. The van der Waals surface area contributed by atoms with E-state index in [-0.39, 0.29) is 0 Å². The van der Waals surface area contributed by atoms with Crippen molar-refractivity contribution >= 4 is 10.9 Å². The molecule has 3 heteroatoms. The van der Waals surface area contributed by atoms with E-state index in [1.54, 1.807) is 0 Å². The zero-order valence-electron chi connectivity index (χ0n) is 9.86. The monoisotopic (exact) mass is 213 g/mol. The van der Waals surface area contributed by atoms with Crippen molar-refractivity contribution in [3.05, 3.63) is 29.5 Å². The molecule has 3 nitrogen and oxygen atoms in total. The Morgan fingerprint density at radius 3 is 2.88 bits per heavy atom. The van der Waals surface area contributed by atoms with Crippen LogP contribution in [0.4, 0.5) is 0 Å². The summed E-state index contributed by atoms with van der Waals surface area (Å²) in [7, 11) is 1.94. The van der Waals surface area contributed by atoms with Crippen molar-refractivity contribution < 1.29 is 0 Å². The summed E-state index contributed by atoms with van der Waals surface area (Å²) in [6.07, 6.45) is 1.06. The molecule has 0 bridgehead atoms. The van der Waals surface area contributed by atoms with Gasteiger partial charge in [0.15, 0.2) is 0 Å². The van der Waals surface area contributed by atoms with Crippen molar-refractivity contribution in [2.24, 2.45) is 7.05 Å². The Morgan fingerprint density at radius 1 is 1.50 bits per heavy atom. The van der Waals surface area contributed by atoms with Crippen LogP contribution in [-0.2, 0) is 7.05 Å². The van der Waals surface area contributed by atoms with Crippen molar-refractivity contribution in [2.75, 3.05) is 0 Å². The Bertz CT molecular complexity index is 560. The Labute approximate surface area is 95.3 Å². The van der Waals surface area contributed by atoms with E-state index in [1.807, 2.05) is 29.9 Å². The van der Waals surface area contributed by atoms with Crippen molar-refractivity contribution in [3.8, 4) is 6.07 Å². The van der Waals surface area contributed by atoms with Gasteiger partial charge in [-0.1, -0.05) is 13.8 Å². The van der Waals surface area contributed by atoms with Crippen molar-refractivity contribution in [3.63, 3.8) is 0 Å². The Kier molecular flexibility index (Phi) is 2.66. The summed E-state index contributed by atoms with van der Waals surface area (Å²) in [5.74, 6) is 0.428. The molecule has 0 saturated heterocycles. The molecular weight excluding hydrogens is 198 g/mol. The molecule has 2 aromatic rings. The van der Waals surface area contributed by atoms with Crippen molar-refractivity contribution in [2.45, 2.75) is 26.2 Å². The molecule has 0 N–H and O–H groups in total. The van der Waals surface area contributed by atoms with Gasteiger partial charge >= 0.3 is 0 Å². The van der Waals surface area contributed by atoms with Crippen LogP contribution in [0.5, 0.6) is 0 Å². The van der Waals surface area contributed by atoms with Gasteiger partial charge in [0.25, 0.3) is 0 Å². The molecule has 16 heavy (non-hydrogen) atoms. The van der Waals surface area contributed by atoms with Crippen LogP contribution in [-0.4, -0.2) is 9.78 Å². The van der Waals surface area contributed by atoms with Crippen LogP contribution >= 0.6 is 0 Å². The highest BCUT2D eigenvalue weighted by molar-refractivity contribution is 5.83. The summed E-state index contributed by atoms with van der Waals surface area (Å²) < 4.78 is 1.89. The highest BCUT2D eigenvalue weighted by Gasteiger charge is 2.13. The second-order valence-corrected chi connectivity index (χ2v) is 4.16. The van der Waals surface area contributed by atoms with Gasteiger partial charge in [-0.3, -0.25) is 4.68 Å². The predicted octanol–water partition coefficient (Wildman–Crippen LogP) is 2.96. The minimum absolute atomic E-state index is 0.428. The summed E-state index contributed by atoms with van der Waals surface area (Å²) in [4.78, 5) is 0. The molecule has 1 aromatic heterocycles. The van der Waals surface area contributed by atoms with Gasteiger partial charge in [0, 0.05) is 18.4 Å². The first-order chi connectivity index (χ1) is 7.67. The molecule has 0 aliphatic heterocycles. The molecule has 2 rings (SSSR count). The van der Waals surface area contributed by atoms with Crippen LogP contribution in [0.1, 0.15) is 37.4 Å². The van der Waals surface area contributed by atoms with Crippen LogP contribution in [0, 0.1) is 11.3 Å². The first-order valence-corrected chi connectivity index (χ1v) is 5.54. The number of hydrogen-bond acceptors (Lipinski definition) is 2. The average molecular weight is 213 g/mol. The SMILES string of the molecule is CCC(C)c1nn(C)c2ccc(C#N)cc12. The molecule has 0 aliphatic carbocycles. The Morgan fingerprint density at radius 2 is 2.25 bits per heavy atom. The second-order valence-electron chi connectivity index (χ2n) is 4.16. The second kappa shape index (κ2) is 3.97. The largest absolute Gasteiger partial charge is 0.268 e. The lowest BCUT2D eigenvalue weighted by atomic mass is 10.0. The third-order valence-corrected chi connectivity index (χ3v) is 3.09. The average Bonchev–Trinajstić information content (AvgIpc) is 2.65. The van der Waals surface area contributed by atoms with E-state index in [4.69, 9.17) is 5.26 Å². The lowest BCUT2D eigenvalue weighted by Crippen LogP contribution is -1.95. The summed E-state index contributed by atoms with van der Waals surface area (Å²) in [5, 5.41) is 14.6. The maximum absolute atomic E-state index is 8.91. The molecule has 1 atom stereocenters. The summed E-state index contributed by atoms with van der Waals surface area (Å²) in [6.45, 7) is 4.32. The quantitative estimate of drug-likeness (QED) is 0.769. The van der Waals surface area contributed by atoms with Crippen LogP contribution < -0.4 is 0 Å². The smallest absolute Gasteiger partial charge is 0.0991 e. The molecule has 82 valence electrons. The van der Waals surface area contributed by atoms with E-state index < -0.39 is 0 Å². The zero-order valence-corrected chi connectivity index (χ0v) is 9.86. The summed E-state index contributed by atoms with van der Waals surface area (Å²) >= 11 is 0. The van der Waals surface area contributed by atoms with Gasteiger partial charge in [0.1, 0.15) is 0 Å². The summed E-state index contributed by atoms with van der Waals surface area (Å²) in [6, 6.07) is 7.91. The van der Waals surface area contributed by atoms with Gasteiger partial charge in [-0.25, -0.2) is 0 Å². The standard InChI is InChI=1S/C13H15N3/c1-4-9(2)13-11-7-10(8-14)5-6-12(11)16(3)15-13/h5-7,9H,4H2,1-3H3. The third-order valence-electron chi connectivity index (χ3n) is 3.09. The van der Waals surface area contributed by atoms with Crippen LogP contribution in [0.15, 0.2) is 18.2 Å². The molecule has 1 unspecified atom stereocenters.